The van der Waals surface area contributed by atoms with Crippen molar-refractivity contribution in [1.29, 1.82) is 0 Å². The number of hydrogen-bond acceptors (Lipinski definition) is 8. The van der Waals surface area contributed by atoms with Gasteiger partial charge in [0.05, 0.1) is 19.3 Å². The molecule has 0 aliphatic carbocycles. The fourth-order valence-corrected chi connectivity index (χ4v) is 3.83. The molecular weight excluding hydrogens is 406 g/mol. The number of piperazine rings is 1. The number of fused-ring (bicyclic) bond motifs is 1. The lowest BCUT2D eigenvalue weighted by molar-refractivity contribution is 0.184. The molecule has 1 aliphatic heterocycles. The Morgan fingerprint density at radius 3 is 2.72 bits per heavy atom. The Bertz CT molecular complexity index is 1030. The van der Waals surface area contributed by atoms with E-state index in [0.29, 0.717) is 24.5 Å². The zero-order valence-electron chi connectivity index (χ0n) is 19.3. The third-order valence-electron chi connectivity index (χ3n) is 5.78. The first-order valence-corrected chi connectivity index (χ1v) is 11.3. The topological polar surface area (TPSA) is 88.8 Å². The van der Waals surface area contributed by atoms with Gasteiger partial charge in [0.25, 0.3) is 0 Å². The minimum absolute atomic E-state index is 0.0106. The highest BCUT2D eigenvalue weighted by molar-refractivity contribution is 5.53. The van der Waals surface area contributed by atoms with E-state index in [1.807, 2.05) is 24.4 Å². The molecule has 32 heavy (non-hydrogen) atoms. The summed E-state index contributed by atoms with van der Waals surface area (Å²) in [6.45, 7) is 11.9. The van der Waals surface area contributed by atoms with Crippen LogP contribution in [0.5, 0.6) is 11.8 Å². The van der Waals surface area contributed by atoms with Gasteiger partial charge in [0.2, 0.25) is 5.95 Å². The van der Waals surface area contributed by atoms with Crippen molar-refractivity contribution < 1.29 is 9.47 Å². The maximum absolute atomic E-state index is 6.00. The van der Waals surface area contributed by atoms with E-state index in [9.17, 15) is 0 Å². The maximum Gasteiger partial charge on any atom is 0.321 e. The largest absolute Gasteiger partial charge is 0.497 e. The van der Waals surface area contributed by atoms with Gasteiger partial charge in [-0.05, 0) is 30.5 Å². The second-order valence-corrected chi connectivity index (χ2v) is 8.40. The van der Waals surface area contributed by atoms with Gasteiger partial charge in [-0.3, -0.25) is 4.90 Å². The minimum atomic E-state index is -0.0106. The number of anilines is 1. The molecule has 1 fully saturated rings. The fourth-order valence-electron chi connectivity index (χ4n) is 3.83. The summed E-state index contributed by atoms with van der Waals surface area (Å²) in [5, 5.41) is 11.4. The lowest BCUT2D eigenvalue weighted by atomic mass is 10.1. The summed E-state index contributed by atoms with van der Waals surface area (Å²) in [5.74, 6) is 1.72. The molecule has 0 radical (unpaired) electrons. The molecule has 9 heteroatoms. The molecule has 1 aliphatic rings. The van der Waals surface area contributed by atoms with Crippen molar-refractivity contribution in [3.8, 4) is 11.8 Å². The third kappa shape index (κ3) is 5.11. The zero-order valence-corrected chi connectivity index (χ0v) is 19.3. The fraction of sp³-hybridized carbons (Fsp3) is 0.522. The van der Waals surface area contributed by atoms with E-state index in [-0.39, 0.29) is 6.04 Å². The van der Waals surface area contributed by atoms with Crippen molar-refractivity contribution >= 4 is 11.6 Å². The number of nitrogens with zero attached hydrogens (tertiary/aromatic N) is 5. The minimum Gasteiger partial charge on any atom is -0.497 e. The van der Waals surface area contributed by atoms with Crippen LogP contribution in [-0.4, -0.2) is 70.9 Å². The molecule has 0 spiro atoms. The van der Waals surface area contributed by atoms with Crippen LogP contribution in [0.25, 0.3) is 5.65 Å². The molecule has 0 unspecified atom stereocenters. The number of hydrogen-bond donors (Lipinski definition) is 2. The Hall–Kier alpha value is -2.91. The monoisotopic (exact) mass is 439 g/mol. The van der Waals surface area contributed by atoms with Crippen LogP contribution in [0, 0.1) is 0 Å². The molecule has 1 atom stereocenters. The van der Waals surface area contributed by atoms with Gasteiger partial charge >= 0.3 is 6.01 Å². The Morgan fingerprint density at radius 2 is 1.97 bits per heavy atom. The van der Waals surface area contributed by atoms with Gasteiger partial charge in [-0.1, -0.05) is 26.0 Å². The summed E-state index contributed by atoms with van der Waals surface area (Å²) in [7, 11) is 1.67. The smallest absolute Gasteiger partial charge is 0.321 e. The van der Waals surface area contributed by atoms with E-state index in [0.717, 1.165) is 55.2 Å². The van der Waals surface area contributed by atoms with Crippen LogP contribution < -0.4 is 20.1 Å². The first-order chi connectivity index (χ1) is 15.5. The van der Waals surface area contributed by atoms with Crippen LogP contribution in [0.3, 0.4) is 0 Å². The van der Waals surface area contributed by atoms with Crippen molar-refractivity contribution in [2.24, 2.45) is 0 Å². The van der Waals surface area contributed by atoms with E-state index in [1.165, 1.54) is 0 Å². The van der Waals surface area contributed by atoms with Crippen molar-refractivity contribution in [2.75, 3.05) is 51.8 Å². The van der Waals surface area contributed by atoms with Gasteiger partial charge in [-0.15, -0.1) is 0 Å². The second kappa shape index (κ2) is 10.1. The number of ether oxygens (including phenoxy) is 2. The predicted octanol–water partition coefficient (Wildman–Crippen LogP) is 2.71. The van der Waals surface area contributed by atoms with Gasteiger partial charge in [0, 0.05) is 38.3 Å². The molecule has 3 aromatic rings. The standard InChI is InChI=1S/C23H33N7O2/c1-16(2)20-15-25-30-21(20)27-23(32-13-12-29-10-8-24-9-11-29)28-22(30)26-17(3)18-6-5-7-19(14-18)31-4/h5-7,14-17,24H,8-13H2,1-4H3,(H,26,27,28)/t17-/m0/s1. The number of nitrogens with one attached hydrogen (secondary N) is 2. The van der Waals surface area contributed by atoms with Crippen LogP contribution in [0.4, 0.5) is 5.95 Å². The number of methoxy groups -OCH3 is 1. The van der Waals surface area contributed by atoms with Crippen LogP contribution in [0.15, 0.2) is 30.5 Å². The van der Waals surface area contributed by atoms with Crippen LogP contribution in [0.2, 0.25) is 0 Å². The quantitative estimate of drug-likeness (QED) is 0.526. The zero-order chi connectivity index (χ0) is 22.5. The normalized spacial score (nSPS) is 15.8. The van der Waals surface area contributed by atoms with E-state index in [4.69, 9.17) is 9.47 Å². The van der Waals surface area contributed by atoms with Crippen molar-refractivity contribution in [3.05, 3.63) is 41.6 Å². The molecule has 9 nitrogen and oxygen atoms in total. The molecule has 0 amide bonds. The highest BCUT2D eigenvalue weighted by Gasteiger charge is 2.18. The Labute approximate surface area is 189 Å². The molecule has 0 bridgehead atoms. The summed E-state index contributed by atoms with van der Waals surface area (Å²) in [6, 6.07) is 8.36. The number of aromatic nitrogens is 4. The molecule has 3 heterocycles. The van der Waals surface area contributed by atoms with E-state index in [2.05, 4.69) is 57.4 Å². The molecular formula is C23H33N7O2. The summed E-state index contributed by atoms with van der Waals surface area (Å²) < 4.78 is 13.1. The van der Waals surface area contributed by atoms with Crippen LogP contribution in [-0.2, 0) is 0 Å². The molecule has 2 N–H and O–H groups in total. The Morgan fingerprint density at radius 1 is 1.16 bits per heavy atom. The number of benzene rings is 1. The van der Waals surface area contributed by atoms with Gasteiger partial charge in [-0.2, -0.15) is 19.6 Å². The Kier molecular flexibility index (Phi) is 7.06. The lowest BCUT2D eigenvalue weighted by Crippen LogP contribution is -2.44. The second-order valence-electron chi connectivity index (χ2n) is 8.40. The molecule has 2 aromatic heterocycles. The van der Waals surface area contributed by atoms with E-state index < -0.39 is 0 Å². The highest BCUT2D eigenvalue weighted by atomic mass is 16.5. The van der Waals surface area contributed by atoms with E-state index in [1.54, 1.807) is 11.6 Å². The molecule has 1 saturated heterocycles. The van der Waals surface area contributed by atoms with Crippen molar-refractivity contribution in [3.63, 3.8) is 0 Å². The van der Waals surface area contributed by atoms with Gasteiger partial charge < -0.3 is 20.1 Å². The molecule has 1 aromatic carbocycles. The average Bonchev–Trinajstić information content (AvgIpc) is 3.24. The number of rotatable bonds is 9. The lowest BCUT2D eigenvalue weighted by Gasteiger charge is -2.26. The van der Waals surface area contributed by atoms with Crippen molar-refractivity contribution in [2.45, 2.75) is 32.7 Å². The van der Waals surface area contributed by atoms with Crippen LogP contribution >= 0.6 is 0 Å². The van der Waals surface area contributed by atoms with Gasteiger partial charge in [0.1, 0.15) is 12.4 Å². The molecule has 172 valence electrons. The Balaban J connectivity index is 1.56. The maximum atomic E-state index is 6.00. The van der Waals surface area contributed by atoms with Gasteiger partial charge in [-0.25, -0.2) is 0 Å². The summed E-state index contributed by atoms with van der Waals surface area (Å²) in [5.41, 5.74) is 2.93. The predicted molar refractivity (Wildman–Crippen MR) is 125 cm³/mol. The summed E-state index contributed by atoms with van der Waals surface area (Å²) >= 11 is 0. The SMILES string of the molecule is COc1cccc([C@H](C)Nc2nc(OCCN3CCNCC3)nc3c(C(C)C)cnn23)c1. The third-order valence-corrected chi connectivity index (χ3v) is 5.78. The van der Waals surface area contributed by atoms with Crippen LogP contribution in [0.1, 0.15) is 43.9 Å². The van der Waals surface area contributed by atoms with Crippen molar-refractivity contribution in [1.82, 2.24) is 29.8 Å². The summed E-state index contributed by atoms with van der Waals surface area (Å²) in [4.78, 5) is 11.7. The highest BCUT2D eigenvalue weighted by Crippen LogP contribution is 2.26. The average molecular weight is 440 g/mol. The van der Waals surface area contributed by atoms with Gasteiger partial charge in [0.15, 0.2) is 5.65 Å². The molecule has 4 rings (SSSR count). The first kappa shape index (κ1) is 22.3. The van der Waals surface area contributed by atoms with E-state index >= 15 is 0 Å². The molecule has 0 saturated carbocycles. The summed E-state index contributed by atoms with van der Waals surface area (Å²) in [6.07, 6.45) is 1.86. The first-order valence-electron chi connectivity index (χ1n) is 11.3.